The van der Waals surface area contributed by atoms with Gasteiger partial charge in [0.2, 0.25) is 5.89 Å². The number of nitrogens with zero attached hydrogens (tertiary/aromatic N) is 2. The van der Waals surface area contributed by atoms with E-state index in [4.69, 9.17) is 9.15 Å². The second kappa shape index (κ2) is 10.8. The molecule has 166 valence electrons. The molecule has 2 aliphatic rings. The number of hydrogen-bond acceptors (Lipinski definition) is 7. The molecular weight excluding hydrogens is 429 g/mol. The third-order valence-electron chi connectivity index (χ3n) is 6.47. The minimum absolute atomic E-state index is 0. The Kier molecular flexibility index (Phi) is 7.86. The zero-order valence-corrected chi connectivity index (χ0v) is 20.8. The van der Waals surface area contributed by atoms with E-state index in [1.54, 1.807) is 0 Å². The average molecular weight is 455 g/mol. The van der Waals surface area contributed by atoms with E-state index < -0.39 is 5.97 Å². The third kappa shape index (κ3) is 5.84. The first-order chi connectivity index (χ1) is 15.6. The summed E-state index contributed by atoms with van der Waals surface area (Å²) >= 11 is 0. The molecule has 2 heterocycles. The largest absolute Gasteiger partial charge is 1.00 e. The summed E-state index contributed by atoms with van der Waals surface area (Å²) in [5, 5.41) is 22.2. The summed E-state index contributed by atoms with van der Waals surface area (Å²) in [5.74, 6) is 0.204. The van der Waals surface area contributed by atoms with Gasteiger partial charge in [-0.3, -0.25) is 0 Å². The van der Waals surface area contributed by atoms with Gasteiger partial charge in [0.1, 0.15) is 0 Å². The first kappa shape index (κ1) is 24.0. The van der Waals surface area contributed by atoms with Crippen LogP contribution in [0.1, 0.15) is 62.0 Å². The number of carboxylic acid groups (broad SMARTS) is 1. The van der Waals surface area contributed by atoms with Crippen molar-refractivity contribution in [3.05, 3.63) is 60.0 Å². The average Bonchev–Trinajstić information content (AvgIpc) is 3.21. The topological polar surface area (TPSA) is 100 Å². The molecule has 2 aromatic carbocycles. The van der Waals surface area contributed by atoms with Crippen LogP contribution in [0.15, 0.2) is 52.9 Å². The fraction of sp³-hybridized carbons (Fsp3) is 0.400. The maximum atomic E-state index is 10.8. The molecule has 1 aliphatic heterocycles. The summed E-state index contributed by atoms with van der Waals surface area (Å²) < 4.78 is 11.6. The van der Waals surface area contributed by atoms with E-state index in [-0.39, 0.29) is 48.0 Å². The van der Waals surface area contributed by atoms with Gasteiger partial charge in [-0.2, -0.15) is 0 Å². The molecule has 0 radical (unpaired) electrons. The van der Waals surface area contributed by atoms with E-state index in [9.17, 15) is 9.90 Å². The number of aromatic nitrogens is 2. The Hall–Kier alpha value is -2.19. The number of benzene rings is 2. The number of nitrogens with one attached hydrogen (secondary N) is 1. The molecule has 1 saturated heterocycles. The van der Waals surface area contributed by atoms with Crippen molar-refractivity contribution in [2.45, 2.75) is 50.5 Å². The molecule has 2 fully saturated rings. The van der Waals surface area contributed by atoms with Gasteiger partial charge in [0.15, 0.2) is 0 Å². The van der Waals surface area contributed by atoms with E-state index in [0.717, 1.165) is 54.0 Å². The zero-order chi connectivity index (χ0) is 21.9. The molecule has 1 N–H and O–H groups in total. The minimum Gasteiger partial charge on any atom is -0.550 e. The van der Waals surface area contributed by atoms with Crippen molar-refractivity contribution in [2.24, 2.45) is 5.92 Å². The molecule has 0 spiro atoms. The number of anilines is 2. The van der Waals surface area contributed by atoms with Crippen molar-refractivity contribution in [1.29, 1.82) is 0 Å². The van der Waals surface area contributed by atoms with Crippen molar-refractivity contribution in [2.75, 3.05) is 11.9 Å². The maximum absolute atomic E-state index is 10.8. The van der Waals surface area contributed by atoms with Gasteiger partial charge in [0, 0.05) is 17.6 Å². The van der Waals surface area contributed by atoms with Crippen LogP contribution < -0.4 is 40.0 Å². The van der Waals surface area contributed by atoms with Gasteiger partial charge >= 0.3 is 35.6 Å². The van der Waals surface area contributed by atoms with Gasteiger partial charge in [0.25, 0.3) is 0 Å². The van der Waals surface area contributed by atoms with Crippen LogP contribution in [-0.4, -0.2) is 22.8 Å². The number of carbonyl (C=O) groups excluding carboxylic acids is 1. The smallest absolute Gasteiger partial charge is 0.550 e. The standard InChI is InChI=1S/C25H27N3O4.Na/c29-23(30)14-16-4-13-22(31-15-16)19-7-5-17(6-8-19)18-9-11-21(12-10-18)26-25-28-27-24(32-25)20-2-1-3-20;/h5-12,16,20,22H,1-4,13-15H2,(H,26,28)(H,29,30);/q;+1/p-1. The van der Waals surface area contributed by atoms with Crippen molar-refractivity contribution in [3.8, 4) is 11.1 Å². The second-order valence-corrected chi connectivity index (χ2v) is 8.74. The first-order valence-corrected chi connectivity index (χ1v) is 11.3. The Labute approximate surface area is 215 Å². The van der Waals surface area contributed by atoms with Crippen LogP contribution in [-0.2, 0) is 9.53 Å². The summed E-state index contributed by atoms with van der Waals surface area (Å²) in [6.07, 6.45) is 5.26. The SMILES string of the molecule is O=C([O-])CC1CCC(c2ccc(-c3ccc(Nc4nnc(C5CCC5)o4)cc3)cc2)OC1.[Na+]. The number of hydrogen-bond donors (Lipinski definition) is 1. The molecule has 0 amide bonds. The van der Waals surface area contributed by atoms with E-state index in [1.807, 2.05) is 12.1 Å². The van der Waals surface area contributed by atoms with Crippen LogP contribution in [0, 0.1) is 5.92 Å². The van der Waals surface area contributed by atoms with Crippen molar-refractivity contribution in [1.82, 2.24) is 10.2 Å². The van der Waals surface area contributed by atoms with Crippen LogP contribution >= 0.6 is 0 Å². The molecule has 3 aromatic rings. The summed E-state index contributed by atoms with van der Waals surface area (Å²) in [7, 11) is 0. The molecule has 1 saturated carbocycles. The van der Waals surface area contributed by atoms with E-state index >= 15 is 0 Å². The number of rotatable bonds is 7. The monoisotopic (exact) mass is 455 g/mol. The Morgan fingerprint density at radius 3 is 2.24 bits per heavy atom. The number of carboxylic acids is 1. The molecule has 1 aliphatic carbocycles. The fourth-order valence-electron chi connectivity index (χ4n) is 4.33. The van der Waals surface area contributed by atoms with Gasteiger partial charge < -0.3 is 24.4 Å². The van der Waals surface area contributed by atoms with Crippen LogP contribution in [0.4, 0.5) is 11.7 Å². The molecule has 8 heteroatoms. The van der Waals surface area contributed by atoms with E-state index in [0.29, 0.717) is 18.5 Å². The van der Waals surface area contributed by atoms with Gasteiger partial charge in [0.05, 0.1) is 12.7 Å². The zero-order valence-electron chi connectivity index (χ0n) is 18.8. The van der Waals surface area contributed by atoms with E-state index in [2.05, 4.69) is 51.9 Å². The van der Waals surface area contributed by atoms with Gasteiger partial charge in [-0.25, -0.2) is 0 Å². The molecule has 1 aromatic heterocycles. The second-order valence-electron chi connectivity index (χ2n) is 8.74. The molecule has 2 atom stereocenters. The number of ether oxygens (including phenoxy) is 1. The van der Waals surface area contributed by atoms with Crippen LogP contribution in [0.25, 0.3) is 11.1 Å². The minimum atomic E-state index is -1.00. The van der Waals surface area contributed by atoms with Crippen LogP contribution in [0.3, 0.4) is 0 Å². The quantitative estimate of drug-likeness (QED) is 0.537. The molecule has 2 unspecified atom stereocenters. The summed E-state index contributed by atoms with van der Waals surface area (Å²) in [5.41, 5.74) is 4.26. The Balaban J connectivity index is 0.00000259. The number of aliphatic carboxylic acids is 1. The molecule has 5 rings (SSSR count). The van der Waals surface area contributed by atoms with Gasteiger partial charge in [-0.15, -0.1) is 5.10 Å². The molecule has 0 bridgehead atoms. The Morgan fingerprint density at radius 1 is 0.970 bits per heavy atom. The van der Waals surface area contributed by atoms with Crippen molar-refractivity contribution in [3.63, 3.8) is 0 Å². The van der Waals surface area contributed by atoms with E-state index in [1.165, 1.54) is 6.42 Å². The van der Waals surface area contributed by atoms with Crippen molar-refractivity contribution < 1.29 is 48.6 Å². The maximum Gasteiger partial charge on any atom is 1.00 e. The normalized spacial score (nSPS) is 20.5. The predicted octanol–water partition coefficient (Wildman–Crippen LogP) is 1.36. The fourth-order valence-corrected chi connectivity index (χ4v) is 4.33. The van der Waals surface area contributed by atoms with Crippen LogP contribution in [0.2, 0.25) is 0 Å². The Bertz CT molecular complexity index is 1060. The molecule has 7 nitrogen and oxygen atoms in total. The predicted molar refractivity (Wildman–Crippen MR) is 117 cm³/mol. The van der Waals surface area contributed by atoms with Crippen LogP contribution in [0.5, 0.6) is 0 Å². The van der Waals surface area contributed by atoms with Gasteiger partial charge in [-0.05, 0) is 66.8 Å². The summed E-state index contributed by atoms with van der Waals surface area (Å²) in [6.45, 7) is 0.469. The molecular formula is C25H26N3NaO4. The third-order valence-corrected chi connectivity index (χ3v) is 6.47. The summed E-state index contributed by atoms with van der Waals surface area (Å²) in [6, 6.07) is 16.9. The molecule has 33 heavy (non-hydrogen) atoms. The van der Waals surface area contributed by atoms with Gasteiger partial charge in [-0.1, -0.05) is 47.9 Å². The summed E-state index contributed by atoms with van der Waals surface area (Å²) in [4.78, 5) is 10.8. The number of carbonyl (C=O) groups is 1. The van der Waals surface area contributed by atoms with Crippen molar-refractivity contribution >= 4 is 17.7 Å². The Morgan fingerprint density at radius 2 is 1.67 bits per heavy atom. The first-order valence-electron chi connectivity index (χ1n) is 11.3.